The van der Waals surface area contributed by atoms with Crippen molar-refractivity contribution in [3.63, 3.8) is 0 Å². The fourth-order valence-corrected chi connectivity index (χ4v) is 3.80. The first-order valence-electron chi connectivity index (χ1n) is 9.87. The van der Waals surface area contributed by atoms with E-state index in [0.29, 0.717) is 6.42 Å². The van der Waals surface area contributed by atoms with Gasteiger partial charge in [-0.2, -0.15) is 0 Å². The number of piperidine rings is 1. The number of carbonyl (C=O) groups excluding carboxylic acids is 1. The molecular weight excluding hydrogens is 376 g/mol. The van der Waals surface area contributed by atoms with Gasteiger partial charge in [-0.15, -0.1) is 0 Å². The Kier molecular flexibility index (Phi) is 9.56. The zero-order valence-electron chi connectivity index (χ0n) is 15.6. The van der Waals surface area contributed by atoms with Gasteiger partial charge in [-0.25, -0.2) is 0 Å². The van der Waals surface area contributed by atoms with Crippen molar-refractivity contribution in [3.05, 3.63) is 34.3 Å². The summed E-state index contributed by atoms with van der Waals surface area (Å²) < 4.78 is 1.12. The fourth-order valence-electron chi connectivity index (χ4n) is 3.53. The monoisotopic (exact) mass is 408 g/mol. The topological polar surface area (TPSA) is 32.3 Å². The molecule has 1 amide bonds. The molecule has 0 radical (unpaired) electrons. The Morgan fingerprint density at radius 1 is 1.20 bits per heavy atom. The van der Waals surface area contributed by atoms with E-state index in [1.807, 2.05) is 0 Å². The number of halogens is 1. The van der Waals surface area contributed by atoms with E-state index in [2.05, 4.69) is 57.3 Å². The lowest BCUT2D eigenvalue weighted by Gasteiger charge is -2.30. The number of benzene rings is 1. The van der Waals surface area contributed by atoms with Gasteiger partial charge in [0.1, 0.15) is 0 Å². The summed E-state index contributed by atoms with van der Waals surface area (Å²) in [5.41, 5.74) is 1.34. The molecule has 4 heteroatoms. The summed E-state index contributed by atoms with van der Waals surface area (Å²) in [6.07, 6.45) is 8.75. The van der Waals surface area contributed by atoms with Gasteiger partial charge in [0, 0.05) is 24.0 Å². The van der Waals surface area contributed by atoms with Crippen LogP contribution in [-0.2, 0) is 11.2 Å². The van der Waals surface area contributed by atoms with Gasteiger partial charge in [0.25, 0.3) is 0 Å². The average Bonchev–Trinajstić information content (AvgIpc) is 2.60. The molecule has 2 rings (SSSR count). The minimum atomic E-state index is 0.211. The number of nitrogens with one attached hydrogen (secondary N) is 1. The number of nitrogens with zero attached hydrogens (tertiary/aromatic N) is 1. The number of carbonyl (C=O) groups is 1. The first-order valence-corrected chi connectivity index (χ1v) is 10.7. The number of hydrogen-bond acceptors (Lipinski definition) is 2. The number of unbranched alkanes of at least 4 members (excludes halogenated alkanes) is 2. The average molecular weight is 409 g/mol. The minimum Gasteiger partial charge on any atom is -0.356 e. The van der Waals surface area contributed by atoms with Gasteiger partial charge in [0.15, 0.2) is 0 Å². The van der Waals surface area contributed by atoms with Gasteiger partial charge in [-0.1, -0.05) is 35.0 Å². The largest absolute Gasteiger partial charge is 0.356 e. The summed E-state index contributed by atoms with van der Waals surface area (Å²) in [5.74, 6) is 1.06. The van der Waals surface area contributed by atoms with Crippen LogP contribution >= 0.6 is 15.9 Å². The SMILES string of the molecule is CC1CCCN(CCCCNC(=O)CCCCc2ccc(Br)cc2)C1. The van der Waals surface area contributed by atoms with Crippen LogP contribution in [0, 0.1) is 5.92 Å². The highest BCUT2D eigenvalue weighted by molar-refractivity contribution is 9.10. The van der Waals surface area contributed by atoms with Crippen LogP contribution in [0.5, 0.6) is 0 Å². The molecule has 1 unspecified atom stereocenters. The molecule has 1 aromatic carbocycles. The Hall–Kier alpha value is -0.870. The molecule has 0 bridgehead atoms. The molecule has 1 N–H and O–H groups in total. The lowest BCUT2D eigenvalue weighted by Crippen LogP contribution is -2.35. The van der Waals surface area contributed by atoms with Crippen LogP contribution in [-0.4, -0.2) is 37.0 Å². The Morgan fingerprint density at radius 3 is 2.76 bits per heavy atom. The van der Waals surface area contributed by atoms with Crippen LogP contribution in [0.1, 0.15) is 57.4 Å². The summed E-state index contributed by atoms with van der Waals surface area (Å²) in [7, 11) is 0. The van der Waals surface area contributed by atoms with Crippen LogP contribution in [0.4, 0.5) is 0 Å². The Labute approximate surface area is 161 Å². The maximum absolute atomic E-state index is 11.9. The highest BCUT2D eigenvalue weighted by atomic mass is 79.9. The molecular formula is C21H33BrN2O. The first-order chi connectivity index (χ1) is 12.1. The Balaban J connectivity index is 1.43. The van der Waals surface area contributed by atoms with E-state index >= 15 is 0 Å². The van der Waals surface area contributed by atoms with Crippen molar-refractivity contribution >= 4 is 21.8 Å². The van der Waals surface area contributed by atoms with Gasteiger partial charge >= 0.3 is 0 Å². The molecule has 0 aromatic heterocycles. The summed E-state index contributed by atoms with van der Waals surface area (Å²) >= 11 is 3.45. The third-order valence-electron chi connectivity index (χ3n) is 5.00. The van der Waals surface area contributed by atoms with Crippen molar-refractivity contribution in [2.24, 2.45) is 5.92 Å². The van der Waals surface area contributed by atoms with E-state index < -0.39 is 0 Å². The van der Waals surface area contributed by atoms with Crippen molar-refractivity contribution < 1.29 is 4.79 Å². The highest BCUT2D eigenvalue weighted by Gasteiger charge is 2.15. The molecule has 0 saturated carbocycles. The lowest BCUT2D eigenvalue weighted by molar-refractivity contribution is -0.121. The summed E-state index contributed by atoms with van der Waals surface area (Å²) in [4.78, 5) is 14.5. The molecule has 1 aromatic rings. The van der Waals surface area contributed by atoms with E-state index in [4.69, 9.17) is 0 Å². The standard InChI is InChI=1S/C21H33BrN2O/c1-18-7-6-16-24(17-18)15-5-4-14-23-21(25)9-3-2-8-19-10-12-20(22)13-11-19/h10-13,18H,2-9,14-17H2,1H3,(H,23,25). The van der Waals surface area contributed by atoms with Gasteiger partial charge in [-0.05, 0) is 81.6 Å². The molecule has 1 aliphatic rings. The van der Waals surface area contributed by atoms with E-state index in [1.165, 1.54) is 44.5 Å². The van der Waals surface area contributed by atoms with Crippen molar-refractivity contribution in [2.75, 3.05) is 26.2 Å². The third kappa shape index (κ3) is 8.87. The predicted molar refractivity (Wildman–Crippen MR) is 109 cm³/mol. The molecule has 1 aliphatic heterocycles. The van der Waals surface area contributed by atoms with E-state index in [-0.39, 0.29) is 5.91 Å². The second kappa shape index (κ2) is 11.7. The summed E-state index contributed by atoms with van der Waals surface area (Å²) in [6.45, 7) is 6.88. The molecule has 140 valence electrons. The fraction of sp³-hybridized carbons (Fsp3) is 0.667. The van der Waals surface area contributed by atoms with E-state index in [0.717, 1.165) is 42.6 Å². The molecule has 0 spiro atoms. The Morgan fingerprint density at radius 2 is 2.00 bits per heavy atom. The molecule has 1 heterocycles. The number of aryl methyl sites for hydroxylation is 1. The van der Waals surface area contributed by atoms with Crippen molar-refractivity contribution in [2.45, 2.75) is 58.3 Å². The molecule has 1 atom stereocenters. The number of likely N-dealkylation sites (tertiary alicyclic amines) is 1. The first kappa shape index (κ1) is 20.4. The quantitative estimate of drug-likeness (QED) is 0.564. The van der Waals surface area contributed by atoms with Crippen LogP contribution < -0.4 is 5.32 Å². The zero-order chi connectivity index (χ0) is 17.9. The Bertz CT molecular complexity index is 503. The summed E-state index contributed by atoms with van der Waals surface area (Å²) in [5, 5.41) is 3.07. The molecule has 1 fully saturated rings. The number of hydrogen-bond donors (Lipinski definition) is 1. The second-order valence-corrected chi connectivity index (χ2v) is 8.35. The maximum atomic E-state index is 11.9. The molecule has 1 saturated heterocycles. The van der Waals surface area contributed by atoms with Crippen LogP contribution in [0.3, 0.4) is 0 Å². The van der Waals surface area contributed by atoms with E-state index in [9.17, 15) is 4.79 Å². The van der Waals surface area contributed by atoms with Crippen molar-refractivity contribution in [3.8, 4) is 0 Å². The second-order valence-electron chi connectivity index (χ2n) is 7.44. The van der Waals surface area contributed by atoms with Gasteiger partial charge in [-0.3, -0.25) is 4.79 Å². The third-order valence-corrected chi connectivity index (χ3v) is 5.53. The van der Waals surface area contributed by atoms with Crippen LogP contribution in [0.15, 0.2) is 28.7 Å². The highest BCUT2D eigenvalue weighted by Crippen LogP contribution is 2.15. The van der Waals surface area contributed by atoms with Crippen LogP contribution in [0.2, 0.25) is 0 Å². The molecule has 25 heavy (non-hydrogen) atoms. The lowest BCUT2D eigenvalue weighted by atomic mass is 10.0. The van der Waals surface area contributed by atoms with E-state index in [1.54, 1.807) is 0 Å². The smallest absolute Gasteiger partial charge is 0.219 e. The van der Waals surface area contributed by atoms with Crippen molar-refractivity contribution in [1.82, 2.24) is 10.2 Å². The van der Waals surface area contributed by atoms with Crippen molar-refractivity contribution in [1.29, 1.82) is 0 Å². The van der Waals surface area contributed by atoms with Gasteiger partial charge in [0.05, 0.1) is 0 Å². The predicted octanol–water partition coefficient (Wildman–Crippen LogP) is 4.79. The van der Waals surface area contributed by atoms with Gasteiger partial charge < -0.3 is 10.2 Å². The number of rotatable bonds is 10. The van der Waals surface area contributed by atoms with Crippen LogP contribution in [0.25, 0.3) is 0 Å². The molecule has 3 nitrogen and oxygen atoms in total. The minimum absolute atomic E-state index is 0.211. The summed E-state index contributed by atoms with van der Waals surface area (Å²) in [6, 6.07) is 8.44. The zero-order valence-corrected chi connectivity index (χ0v) is 17.2. The normalized spacial score (nSPS) is 18.2. The maximum Gasteiger partial charge on any atom is 0.219 e. The van der Waals surface area contributed by atoms with Gasteiger partial charge in [0.2, 0.25) is 5.91 Å². The number of amides is 1. The molecule has 0 aliphatic carbocycles.